The van der Waals surface area contributed by atoms with E-state index in [1.807, 2.05) is 37.3 Å². The van der Waals surface area contributed by atoms with Crippen LogP contribution in [0.2, 0.25) is 0 Å². The Hall–Kier alpha value is -0.590. The molecule has 0 fully saturated rings. The topological polar surface area (TPSA) is 26.3 Å². The highest BCUT2D eigenvalue weighted by molar-refractivity contribution is 7.69. The zero-order valence-electron chi connectivity index (χ0n) is 7.93. The molecule has 0 saturated carbocycles. The van der Waals surface area contributed by atoms with Gasteiger partial charge in [0.05, 0.1) is 6.61 Å². The number of hydrogen-bond acceptors (Lipinski definition) is 2. The molecule has 3 heteroatoms. The van der Waals surface area contributed by atoms with Crippen molar-refractivity contribution in [3.05, 3.63) is 36.5 Å². The van der Waals surface area contributed by atoms with Crippen molar-refractivity contribution >= 4 is 12.7 Å². The summed E-state index contributed by atoms with van der Waals surface area (Å²) in [6.07, 6.45) is 1.64. The Kier molecular flexibility index (Phi) is 3.71. The van der Waals surface area contributed by atoms with Gasteiger partial charge in [0.25, 0.3) is 0 Å². The van der Waals surface area contributed by atoms with E-state index in [0.29, 0.717) is 6.61 Å². The van der Waals surface area contributed by atoms with Gasteiger partial charge < -0.3 is 4.52 Å². The maximum absolute atomic E-state index is 12.1. The van der Waals surface area contributed by atoms with Gasteiger partial charge in [0.1, 0.15) is 0 Å². The molecule has 0 bridgehead atoms. The van der Waals surface area contributed by atoms with Gasteiger partial charge >= 0.3 is 0 Å². The summed E-state index contributed by atoms with van der Waals surface area (Å²) in [6.45, 7) is 4.08. The third kappa shape index (κ3) is 2.43. The first-order valence-electron chi connectivity index (χ1n) is 4.33. The number of hydrogen-bond donors (Lipinski definition) is 0. The van der Waals surface area contributed by atoms with Crippen molar-refractivity contribution in [3.8, 4) is 0 Å². The SMILES string of the molecule is C[CH]P(=O)(OCC)c1ccccc1. The molecule has 0 N–H and O–H groups in total. The summed E-state index contributed by atoms with van der Waals surface area (Å²) >= 11 is 0. The lowest BCUT2D eigenvalue weighted by atomic mass is 10.4. The van der Waals surface area contributed by atoms with Crippen LogP contribution in [0.25, 0.3) is 0 Å². The molecule has 1 unspecified atom stereocenters. The third-order valence-corrected chi connectivity index (χ3v) is 4.12. The van der Waals surface area contributed by atoms with Crippen LogP contribution in [-0.4, -0.2) is 6.61 Å². The highest BCUT2D eigenvalue weighted by Crippen LogP contribution is 2.48. The van der Waals surface area contributed by atoms with E-state index in [1.165, 1.54) is 0 Å². The molecule has 0 heterocycles. The molecule has 0 spiro atoms. The van der Waals surface area contributed by atoms with Crippen molar-refractivity contribution in [2.75, 3.05) is 6.61 Å². The Balaban J connectivity index is 2.96. The van der Waals surface area contributed by atoms with Crippen LogP contribution >= 0.6 is 7.37 Å². The van der Waals surface area contributed by atoms with Crippen LogP contribution < -0.4 is 5.30 Å². The summed E-state index contributed by atoms with van der Waals surface area (Å²) in [5.74, 6) is 0. The van der Waals surface area contributed by atoms with E-state index in [9.17, 15) is 4.57 Å². The average molecular weight is 197 g/mol. The van der Waals surface area contributed by atoms with Crippen molar-refractivity contribution in [2.45, 2.75) is 13.8 Å². The van der Waals surface area contributed by atoms with Crippen LogP contribution in [-0.2, 0) is 9.09 Å². The molecule has 1 rings (SSSR count). The molecule has 1 aromatic carbocycles. The molecule has 0 aliphatic heterocycles. The van der Waals surface area contributed by atoms with Crippen molar-refractivity contribution < 1.29 is 9.09 Å². The van der Waals surface area contributed by atoms with Crippen LogP contribution in [0, 0.1) is 6.16 Å². The minimum Gasteiger partial charge on any atom is -0.325 e. The van der Waals surface area contributed by atoms with Crippen LogP contribution in [0.4, 0.5) is 0 Å². The lowest BCUT2D eigenvalue weighted by molar-refractivity contribution is 0.345. The van der Waals surface area contributed by atoms with Gasteiger partial charge in [0.2, 0.25) is 7.37 Å². The molecule has 0 amide bonds. The van der Waals surface area contributed by atoms with E-state index in [1.54, 1.807) is 13.1 Å². The fourth-order valence-electron chi connectivity index (χ4n) is 1.13. The van der Waals surface area contributed by atoms with Gasteiger partial charge in [0.15, 0.2) is 0 Å². The molecule has 0 saturated heterocycles. The summed E-state index contributed by atoms with van der Waals surface area (Å²) in [5, 5.41) is 0.763. The van der Waals surface area contributed by atoms with Gasteiger partial charge in [-0.2, -0.15) is 0 Å². The summed E-state index contributed by atoms with van der Waals surface area (Å²) in [6, 6.07) is 9.29. The summed E-state index contributed by atoms with van der Waals surface area (Å²) < 4.78 is 17.4. The fourth-order valence-corrected chi connectivity index (χ4v) is 2.69. The van der Waals surface area contributed by atoms with Gasteiger partial charge in [-0.3, -0.25) is 4.57 Å². The largest absolute Gasteiger partial charge is 0.325 e. The van der Waals surface area contributed by atoms with Gasteiger partial charge in [0, 0.05) is 11.5 Å². The van der Waals surface area contributed by atoms with Crippen molar-refractivity contribution in [1.82, 2.24) is 0 Å². The van der Waals surface area contributed by atoms with Gasteiger partial charge in [-0.15, -0.1) is 0 Å². The van der Waals surface area contributed by atoms with Crippen LogP contribution in [0.15, 0.2) is 30.3 Å². The van der Waals surface area contributed by atoms with E-state index >= 15 is 0 Å². The highest BCUT2D eigenvalue weighted by Gasteiger charge is 2.22. The second kappa shape index (κ2) is 4.59. The maximum atomic E-state index is 12.1. The number of benzene rings is 1. The fraction of sp³-hybridized carbons (Fsp3) is 0.300. The molecule has 0 aliphatic carbocycles. The lowest BCUT2D eigenvalue weighted by Gasteiger charge is -2.15. The Labute approximate surface area is 79.4 Å². The first kappa shape index (κ1) is 10.5. The Bertz CT molecular complexity index is 295. The van der Waals surface area contributed by atoms with Crippen molar-refractivity contribution in [3.63, 3.8) is 0 Å². The van der Waals surface area contributed by atoms with E-state index < -0.39 is 7.37 Å². The zero-order chi connectivity index (χ0) is 9.73. The Morgan fingerprint density at radius 3 is 2.46 bits per heavy atom. The molecule has 1 radical (unpaired) electrons. The zero-order valence-corrected chi connectivity index (χ0v) is 8.83. The summed E-state index contributed by atoms with van der Waals surface area (Å²) in [7, 11) is -2.68. The van der Waals surface area contributed by atoms with Gasteiger partial charge in [-0.1, -0.05) is 25.1 Å². The second-order valence-electron chi connectivity index (χ2n) is 2.61. The molecule has 0 aliphatic rings. The van der Waals surface area contributed by atoms with Crippen LogP contribution in [0.3, 0.4) is 0 Å². The predicted molar refractivity (Wildman–Crippen MR) is 55.3 cm³/mol. The van der Waals surface area contributed by atoms with Gasteiger partial charge in [-0.25, -0.2) is 0 Å². The highest BCUT2D eigenvalue weighted by atomic mass is 31.2. The molecule has 1 atom stereocenters. The van der Waals surface area contributed by atoms with E-state index in [-0.39, 0.29) is 0 Å². The lowest BCUT2D eigenvalue weighted by Crippen LogP contribution is -2.06. The Morgan fingerprint density at radius 1 is 1.38 bits per heavy atom. The Morgan fingerprint density at radius 2 is 2.00 bits per heavy atom. The van der Waals surface area contributed by atoms with Crippen LogP contribution in [0.1, 0.15) is 13.8 Å². The smallest absolute Gasteiger partial charge is 0.235 e. The minimum absolute atomic E-state index is 0.469. The minimum atomic E-state index is -2.68. The molecule has 71 valence electrons. The summed E-state index contributed by atoms with van der Waals surface area (Å²) in [4.78, 5) is 0. The van der Waals surface area contributed by atoms with Gasteiger partial charge in [-0.05, 0) is 19.1 Å². The van der Waals surface area contributed by atoms with E-state index in [4.69, 9.17) is 4.52 Å². The average Bonchev–Trinajstić information content (AvgIpc) is 2.19. The summed E-state index contributed by atoms with van der Waals surface area (Å²) in [5.41, 5.74) is 0. The first-order valence-corrected chi connectivity index (χ1v) is 6.02. The normalized spacial score (nSPS) is 15.2. The van der Waals surface area contributed by atoms with E-state index in [2.05, 4.69) is 0 Å². The standard InChI is InChI=1S/C10H14O2P/c1-3-12-13(11,4-2)10-8-6-5-7-9-10/h4-9H,3H2,1-2H3. The molecular weight excluding hydrogens is 183 g/mol. The molecule has 1 aromatic rings. The van der Waals surface area contributed by atoms with Crippen molar-refractivity contribution in [2.24, 2.45) is 0 Å². The van der Waals surface area contributed by atoms with E-state index in [0.717, 1.165) is 5.30 Å². The second-order valence-corrected chi connectivity index (χ2v) is 5.09. The quantitative estimate of drug-likeness (QED) is 0.694. The third-order valence-electron chi connectivity index (χ3n) is 1.78. The maximum Gasteiger partial charge on any atom is 0.235 e. The number of rotatable bonds is 4. The molecule has 2 nitrogen and oxygen atoms in total. The predicted octanol–water partition coefficient (Wildman–Crippen LogP) is 2.81. The monoisotopic (exact) mass is 197 g/mol. The van der Waals surface area contributed by atoms with Crippen molar-refractivity contribution in [1.29, 1.82) is 0 Å². The van der Waals surface area contributed by atoms with Crippen LogP contribution in [0.5, 0.6) is 0 Å². The molecule has 13 heavy (non-hydrogen) atoms. The first-order chi connectivity index (χ1) is 6.23. The molecule has 0 aromatic heterocycles. The molecular formula is C10H14O2P.